The molecule has 0 unspecified atom stereocenters. The molecule has 1 nitrogen and oxygen atoms in total. The molecule has 1 fully saturated rings. The highest BCUT2D eigenvalue weighted by molar-refractivity contribution is 5.68. The van der Waals surface area contributed by atoms with E-state index in [1.165, 1.54) is 47.9 Å². The number of rotatable bonds is 3. The molecule has 0 spiro atoms. The molecule has 1 heteroatoms. The molecule has 0 heterocycles. The third-order valence-electron chi connectivity index (χ3n) is 4.89. The van der Waals surface area contributed by atoms with Crippen molar-refractivity contribution in [2.24, 2.45) is 5.73 Å². The van der Waals surface area contributed by atoms with Crippen LogP contribution in [0.15, 0.2) is 48.5 Å². The maximum Gasteiger partial charge on any atom is 0.00757 e. The van der Waals surface area contributed by atoms with Gasteiger partial charge in [-0.25, -0.2) is 0 Å². The average Bonchev–Trinajstić information content (AvgIpc) is 2.99. The summed E-state index contributed by atoms with van der Waals surface area (Å²) in [5, 5.41) is 0. The van der Waals surface area contributed by atoms with E-state index in [1.54, 1.807) is 0 Å². The Morgan fingerprint density at radius 1 is 1.00 bits per heavy atom. The minimum Gasteiger partial charge on any atom is -0.330 e. The SMILES string of the molecule is Cc1ccc(C2(CN)CCCC2)cc1-c1ccccc1. The van der Waals surface area contributed by atoms with Crippen LogP contribution in [0.1, 0.15) is 36.8 Å². The van der Waals surface area contributed by atoms with Crippen LogP contribution in [-0.4, -0.2) is 6.54 Å². The van der Waals surface area contributed by atoms with Crippen molar-refractivity contribution in [3.8, 4) is 11.1 Å². The van der Waals surface area contributed by atoms with Gasteiger partial charge in [0.05, 0.1) is 0 Å². The fourth-order valence-electron chi connectivity index (χ4n) is 3.54. The van der Waals surface area contributed by atoms with E-state index in [0.717, 1.165) is 6.54 Å². The molecule has 0 saturated heterocycles. The van der Waals surface area contributed by atoms with E-state index in [-0.39, 0.29) is 5.41 Å². The van der Waals surface area contributed by atoms with Crippen LogP contribution >= 0.6 is 0 Å². The van der Waals surface area contributed by atoms with Crippen molar-refractivity contribution >= 4 is 0 Å². The molecular formula is C19H23N. The molecule has 2 aromatic carbocycles. The van der Waals surface area contributed by atoms with Crippen LogP contribution in [0.5, 0.6) is 0 Å². The third kappa shape index (κ3) is 2.27. The summed E-state index contributed by atoms with van der Waals surface area (Å²) in [5.74, 6) is 0. The summed E-state index contributed by atoms with van der Waals surface area (Å²) >= 11 is 0. The van der Waals surface area contributed by atoms with E-state index in [4.69, 9.17) is 5.73 Å². The zero-order chi connectivity index (χ0) is 14.0. The molecular weight excluding hydrogens is 242 g/mol. The van der Waals surface area contributed by atoms with Gasteiger partial charge in [-0.15, -0.1) is 0 Å². The molecule has 1 saturated carbocycles. The molecule has 20 heavy (non-hydrogen) atoms. The summed E-state index contributed by atoms with van der Waals surface area (Å²) in [7, 11) is 0. The number of nitrogens with two attached hydrogens (primary N) is 1. The van der Waals surface area contributed by atoms with E-state index in [1.807, 2.05) is 0 Å². The molecule has 0 bridgehead atoms. The lowest BCUT2D eigenvalue weighted by molar-refractivity contribution is 0.453. The van der Waals surface area contributed by atoms with Gasteiger partial charge in [0, 0.05) is 12.0 Å². The standard InChI is InChI=1S/C19H23N/c1-15-9-10-17(19(14-20)11-5-6-12-19)13-18(15)16-7-3-2-4-8-16/h2-4,7-10,13H,5-6,11-12,14,20H2,1H3. The Kier molecular flexibility index (Phi) is 3.62. The van der Waals surface area contributed by atoms with Crippen molar-refractivity contribution in [3.63, 3.8) is 0 Å². The lowest BCUT2D eigenvalue weighted by atomic mass is 9.77. The van der Waals surface area contributed by atoms with Crippen molar-refractivity contribution in [2.45, 2.75) is 38.0 Å². The number of benzene rings is 2. The topological polar surface area (TPSA) is 26.0 Å². The predicted molar refractivity (Wildman–Crippen MR) is 85.8 cm³/mol. The molecule has 2 N–H and O–H groups in total. The van der Waals surface area contributed by atoms with Crippen molar-refractivity contribution in [1.82, 2.24) is 0 Å². The number of hydrogen-bond acceptors (Lipinski definition) is 1. The summed E-state index contributed by atoms with van der Waals surface area (Å²) in [6, 6.07) is 17.6. The Morgan fingerprint density at radius 2 is 1.70 bits per heavy atom. The minimum absolute atomic E-state index is 0.219. The quantitative estimate of drug-likeness (QED) is 0.872. The molecule has 0 amide bonds. The van der Waals surface area contributed by atoms with Gasteiger partial charge >= 0.3 is 0 Å². The van der Waals surface area contributed by atoms with Crippen LogP contribution < -0.4 is 5.73 Å². The smallest absolute Gasteiger partial charge is 0.00757 e. The molecule has 1 aliphatic rings. The Bertz CT molecular complexity index is 580. The second-order valence-corrected chi connectivity index (χ2v) is 6.09. The molecule has 3 rings (SSSR count). The predicted octanol–water partition coefficient (Wildman–Crippen LogP) is 4.43. The van der Waals surface area contributed by atoms with Crippen molar-refractivity contribution in [1.29, 1.82) is 0 Å². The Balaban J connectivity index is 2.07. The molecule has 1 aliphatic carbocycles. The second-order valence-electron chi connectivity index (χ2n) is 6.09. The maximum absolute atomic E-state index is 6.13. The van der Waals surface area contributed by atoms with Crippen LogP contribution in [0.25, 0.3) is 11.1 Å². The Morgan fingerprint density at radius 3 is 2.35 bits per heavy atom. The van der Waals surface area contributed by atoms with Crippen LogP contribution in [-0.2, 0) is 5.41 Å². The van der Waals surface area contributed by atoms with Crippen LogP contribution in [0, 0.1) is 6.92 Å². The highest BCUT2D eigenvalue weighted by atomic mass is 14.6. The molecule has 0 atom stereocenters. The first-order valence-corrected chi connectivity index (χ1v) is 7.62. The maximum atomic E-state index is 6.13. The summed E-state index contributed by atoms with van der Waals surface area (Å²) in [6.07, 6.45) is 5.10. The van der Waals surface area contributed by atoms with Gasteiger partial charge in [-0.2, -0.15) is 0 Å². The van der Waals surface area contributed by atoms with Gasteiger partial charge in [-0.3, -0.25) is 0 Å². The van der Waals surface area contributed by atoms with E-state index in [9.17, 15) is 0 Å². The number of aryl methyl sites for hydroxylation is 1. The average molecular weight is 265 g/mol. The lowest BCUT2D eigenvalue weighted by Crippen LogP contribution is -2.32. The van der Waals surface area contributed by atoms with E-state index >= 15 is 0 Å². The van der Waals surface area contributed by atoms with Gasteiger partial charge in [0.1, 0.15) is 0 Å². The third-order valence-corrected chi connectivity index (χ3v) is 4.89. The molecule has 104 valence electrons. The highest BCUT2D eigenvalue weighted by Crippen LogP contribution is 2.41. The van der Waals surface area contributed by atoms with Gasteiger partial charge in [0.15, 0.2) is 0 Å². The molecule has 0 radical (unpaired) electrons. The van der Waals surface area contributed by atoms with Crippen molar-refractivity contribution in [2.75, 3.05) is 6.54 Å². The van der Waals surface area contributed by atoms with E-state index in [2.05, 4.69) is 55.5 Å². The monoisotopic (exact) mass is 265 g/mol. The van der Waals surface area contributed by atoms with E-state index in [0.29, 0.717) is 0 Å². The summed E-state index contributed by atoms with van der Waals surface area (Å²) in [4.78, 5) is 0. The first kappa shape index (κ1) is 13.4. The molecule has 0 aliphatic heterocycles. The Labute approximate surface area is 121 Å². The molecule has 2 aromatic rings. The minimum atomic E-state index is 0.219. The zero-order valence-corrected chi connectivity index (χ0v) is 12.2. The van der Waals surface area contributed by atoms with Crippen molar-refractivity contribution in [3.05, 3.63) is 59.7 Å². The second kappa shape index (κ2) is 5.41. The van der Waals surface area contributed by atoms with Gasteiger partial charge in [0.25, 0.3) is 0 Å². The van der Waals surface area contributed by atoms with Crippen LogP contribution in [0.4, 0.5) is 0 Å². The highest BCUT2D eigenvalue weighted by Gasteiger charge is 2.34. The van der Waals surface area contributed by atoms with Gasteiger partial charge in [-0.1, -0.05) is 61.4 Å². The van der Waals surface area contributed by atoms with Gasteiger partial charge < -0.3 is 5.73 Å². The van der Waals surface area contributed by atoms with Gasteiger partial charge in [-0.05, 0) is 42.0 Å². The normalized spacial score (nSPS) is 17.3. The number of hydrogen-bond donors (Lipinski definition) is 1. The summed E-state index contributed by atoms with van der Waals surface area (Å²) in [5.41, 5.74) is 11.8. The van der Waals surface area contributed by atoms with Crippen LogP contribution in [0.2, 0.25) is 0 Å². The summed E-state index contributed by atoms with van der Waals surface area (Å²) < 4.78 is 0. The largest absolute Gasteiger partial charge is 0.330 e. The zero-order valence-electron chi connectivity index (χ0n) is 12.2. The fourth-order valence-corrected chi connectivity index (χ4v) is 3.54. The molecule has 0 aromatic heterocycles. The summed E-state index contributed by atoms with van der Waals surface area (Å²) in [6.45, 7) is 2.96. The van der Waals surface area contributed by atoms with Crippen LogP contribution in [0.3, 0.4) is 0 Å². The fraction of sp³-hybridized carbons (Fsp3) is 0.368. The van der Waals surface area contributed by atoms with E-state index < -0.39 is 0 Å². The van der Waals surface area contributed by atoms with Gasteiger partial charge in [0.2, 0.25) is 0 Å². The first-order valence-electron chi connectivity index (χ1n) is 7.62. The van der Waals surface area contributed by atoms with Crippen molar-refractivity contribution < 1.29 is 0 Å². The Hall–Kier alpha value is -1.60. The lowest BCUT2D eigenvalue weighted by Gasteiger charge is -2.28. The first-order chi connectivity index (χ1) is 9.75.